The van der Waals surface area contributed by atoms with Crippen molar-refractivity contribution < 1.29 is 19.4 Å². The number of aromatic amines is 1. The van der Waals surface area contributed by atoms with Gasteiger partial charge in [0.25, 0.3) is 0 Å². The average molecular weight is 599 g/mol. The molecule has 3 aromatic heterocycles. The Kier molecular flexibility index (Phi) is 9.80. The zero-order valence-corrected chi connectivity index (χ0v) is 27.3. The first-order valence-corrected chi connectivity index (χ1v) is 14.2. The van der Waals surface area contributed by atoms with Crippen LogP contribution in [0.5, 0.6) is 0 Å². The van der Waals surface area contributed by atoms with E-state index in [1.807, 2.05) is 58.0 Å². The second-order valence-corrected chi connectivity index (χ2v) is 10.8. The number of fused-ring (bicyclic) bond motifs is 8. The molecule has 3 aromatic rings. The van der Waals surface area contributed by atoms with Gasteiger partial charge in [-0.2, -0.15) is 0 Å². The molecule has 0 aliphatic carbocycles. The van der Waals surface area contributed by atoms with E-state index >= 15 is 0 Å². The van der Waals surface area contributed by atoms with Crippen LogP contribution in [-0.4, -0.2) is 57.1 Å². The maximum absolute atomic E-state index is 12.1. The van der Waals surface area contributed by atoms with Crippen molar-refractivity contribution in [2.45, 2.75) is 53.4 Å². The number of H-pyrrole nitrogens is 1. The minimum Gasteiger partial charge on any atom is -0.657 e. The SMILES string of the molecule is C=CC1=C(C)c2cc3[nH]c(cc4nc(cc5[n-]c(cc1n2)c(C)c5CCC(=O)OC)C(CCC(=O)[O-])=C4C)c(C)c3C=C.[Mg+2]. The summed E-state index contributed by atoms with van der Waals surface area (Å²) in [6.07, 6.45) is 4.38. The number of esters is 1. The summed E-state index contributed by atoms with van der Waals surface area (Å²) < 4.78 is 4.90. The van der Waals surface area contributed by atoms with Crippen molar-refractivity contribution in [3.63, 3.8) is 0 Å². The topological polar surface area (TPSA) is 122 Å². The molecule has 44 heavy (non-hydrogen) atoms. The number of ether oxygens (including phenoxy) is 1. The van der Waals surface area contributed by atoms with E-state index in [-0.39, 0.29) is 48.3 Å². The van der Waals surface area contributed by atoms with Gasteiger partial charge in [0.1, 0.15) is 0 Å². The van der Waals surface area contributed by atoms with Gasteiger partial charge in [0.05, 0.1) is 29.9 Å². The van der Waals surface area contributed by atoms with Crippen LogP contribution in [0.3, 0.4) is 0 Å². The zero-order chi connectivity index (χ0) is 31.0. The Bertz CT molecular complexity index is 1940. The van der Waals surface area contributed by atoms with E-state index in [1.165, 1.54) is 7.11 Å². The third-order valence-electron chi connectivity index (χ3n) is 8.35. The number of carbonyl (C=O) groups is 2. The van der Waals surface area contributed by atoms with Crippen LogP contribution < -0.4 is 10.1 Å². The second kappa shape index (κ2) is 13.2. The van der Waals surface area contributed by atoms with Gasteiger partial charge in [0.15, 0.2) is 0 Å². The summed E-state index contributed by atoms with van der Waals surface area (Å²) in [5, 5.41) is 11.4. The number of hydrogen-bond acceptors (Lipinski definition) is 6. The number of carboxylic acids is 1. The maximum Gasteiger partial charge on any atom is 2.00 e. The van der Waals surface area contributed by atoms with Crippen LogP contribution >= 0.6 is 0 Å². The van der Waals surface area contributed by atoms with E-state index in [1.54, 1.807) is 6.08 Å². The standard InChI is InChI=1S/C35H36N4O4.Mg/c1-8-22-18(3)26-14-27-20(5)24(10-12-34(40)41)32(38-27)17-33-25(11-13-35(42)43-7)21(6)29(39-33)16-31-23(9-2)19(4)28(37-31)15-30(22)36-26;/h8-9,14-17H,1-2,10-13H2,3-7H3,(H3,36,37,38,39,40,41);/q;+2/p-2. The van der Waals surface area contributed by atoms with Gasteiger partial charge < -0.3 is 24.6 Å². The van der Waals surface area contributed by atoms with Crippen LogP contribution in [-0.2, 0) is 20.7 Å². The normalized spacial score (nSPS) is 12.7. The molecule has 0 aromatic carbocycles. The van der Waals surface area contributed by atoms with Crippen molar-refractivity contribution in [1.29, 1.82) is 0 Å². The number of methoxy groups -OCH3 is 1. The summed E-state index contributed by atoms with van der Waals surface area (Å²) in [5.41, 5.74) is 13.4. The van der Waals surface area contributed by atoms with Crippen molar-refractivity contribution in [3.05, 3.63) is 88.5 Å². The number of nitrogens with one attached hydrogen (secondary N) is 1. The van der Waals surface area contributed by atoms with Gasteiger partial charge in [-0.25, -0.2) is 9.97 Å². The molecule has 2 aliphatic heterocycles. The molecule has 9 heteroatoms. The van der Waals surface area contributed by atoms with Crippen molar-refractivity contribution in [2.24, 2.45) is 0 Å². The van der Waals surface area contributed by atoms with E-state index in [0.29, 0.717) is 17.6 Å². The number of aryl methyl sites for hydroxylation is 3. The van der Waals surface area contributed by atoms with Crippen molar-refractivity contribution in [2.75, 3.05) is 7.11 Å². The van der Waals surface area contributed by atoms with Crippen molar-refractivity contribution >= 4 is 85.4 Å². The third-order valence-corrected chi connectivity index (χ3v) is 8.35. The Labute approximate surface area is 272 Å². The smallest absolute Gasteiger partial charge is 0.657 e. The van der Waals surface area contributed by atoms with E-state index in [0.717, 1.165) is 78.2 Å². The maximum atomic E-state index is 12.1. The van der Waals surface area contributed by atoms with E-state index in [2.05, 4.69) is 18.1 Å². The summed E-state index contributed by atoms with van der Waals surface area (Å²) in [6.45, 7) is 16.1. The van der Waals surface area contributed by atoms with E-state index < -0.39 is 5.97 Å². The molecule has 0 fully saturated rings. The Morgan fingerprint density at radius 1 is 0.864 bits per heavy atom. The third kappa shape index (κ3) is 6.07. The van der Waals surface area contributed by atoms with E-state index in [4.69, 9.17) is 19.7 Å². The molecular formula is C35H34MgN4O4. The largest absolute Gasteiger partial charge is 2.00 e. The summed E-state index contributed by atoms with van der Waals surface area (Å²) in [5.74, 6) is -1.44. The molecule has 5 rings (SSSR count). The van der Waals surface area contributed by atoms with Gasteiger partial charge >= 0.3 is 29.0 Å². The number of carboxylic acid groups (broad SMARTS) is 1. The first-order valence-electron chi connectivity index (χ1n) is 14.2. The fourth-order valence-electron chi connectivity index (χ4n) is 5.78. The Hall–Kier alpha value is -4.21. The van der Waals surface area contributed by atoms with Crippen LogP contribution in [0.2, 0.25) is 0 Å². The van der Waals surface area contributed by atoms with Crippen LogP contribution in [0, 0.1) is 13.8 Å². The number of carbonyl (C=O) groups excluding carboxylic acids is 2. The number of aliphatic carboxylic acids is 1. The molecule has 0 saturated heterocycles. The molecule has 0 atom stereocenters. The van der Waals surface area contributed by atoms with Gasteiger partial charge in [0, 0.05) is 34.6 Å². The molecule has 1 N–H and O–H groups in total. The fourth-order valence-corrected chi connectivity index (χ4v) is 5.78. The van der Waals surface area contributed by atoms with Crippen LogP contribution in [0.15, 0.2) is 43.5 Å². The zero-order valence-electron chi connectivity index (χ0n) is 25.9. The van der Waals surface area contributed by atoms with Crippen LogP contribution in [0.25, 0.3) is 50.4 Å². The predicted octanol–water partition coefficient (Wildman–Crippen LogP) is 5.51. The number of allylic oxidation sites excluding steroid dienone is 5. The molecule has 0 saturated carbocycles. The molecule has 5 heterocycles. The number of nitrogens with zero attached hydrogens (tertiary/aromatic N) is 3. The van der Waals surface area contributed by atoms with Gasteiger partial charge in [-0.3, -0.25) is 4.79 Å². The Morgan fingerprint density at radius 2 is 1.52 bits per heavy atom. The molecule has 0 amide bonds. The molecule has 220 valence electrons. The van der Waals surface area contributed by atoms with Gasteiger partial charge in [-0.05, 0) is 81.4 Å². The number of aromatic nitrogens is 4. The van der Waals surface area contributed by atoms with Crippen LogP contribution in [0.4, 0.5) is 0 Å². The second-order valence-electron chi connectivity index (χ2n) is 10.8. The number of hydrogen-bond donors (Lipinski definition) is 1. The van der Waals surface area contributed by atoms with Gasteiger partial charge in [-0.15, -0.1) is 11.0 Å². The Morgan fingerprint density at radius 3 is 2.18 bits per heavy atom. The predicted molar refractivity (Wildman–Crippen MR) is 175 cm³/mol. The number of rotatable bonds is 8. The van der Waals surface area contributed by atoms with E-state index in [9.17, 15) is 14.7 Å². The first kappa shape index (κ1) is 32.7. The first-order chi connectivity index (χ1) is 20.6. The summed E-state index contributed by atoms with van der Waals surface area (Å²) in [4.78, 5) is 42.0. The molecule has 2 aliphatic rings. The van der Waals surface area contributed by atoms with Gasteiger partial charge in [-0.1, -0.05) is 48.6 Å². The minimum atomic E-state index is -1.13. The van der Waals surface area contributed by atoms with Crippen molar-refractivity contribution in [3.8, 4) is 0 Å². The van der Waals surface area contributed by atoms with Crippen molar-refractivity contribution in [1.82, 2.24) is 19.9 Å². The molecule has 8 bridgehead atoms. The molecule has 0 spiro atoms. The summed E-state index contributed by atoms with van der Waals surface area (Å²) >= 11 is 0. The minimum absolute atomic E-state index is 0. The quantitative estimate of drug-likeness (QED) is 0.268. The molecule has 8 nitrogen and oxygen atoms in total. The van der Waals surface area contributed by atoms with Crippen LogP contribution in [0.1, 0.15) is 78.1 Å². The fraction of sp³-hybridized carbons (Fsp3) is 0.257. The monoisotopic (exact) mass is 598 g/mol. The summed E-state index contributed by atoms with van der Waals surface area (Å²) in [7, 11) is 1.37. The Balaban J connectivity index is 0.00000442. The molecular weight excluding hydrogens is 565 g/mol. The average Bonchev–Trinajstić information content (AvgIpc) is 3.63. The summed E-state index contributed by atoms with van der Waals surface area (Å²) in [6, 6.07) is 7.83. The molecule has 0 unspecified atom stereocenters. The molecule has 0 radical (unpaired) electrons. The van der Waals surface area contributed by atoms with Gasteiger partial charge in [0.2, 0.25) is 0 Å².